The summed E-state index contributed by atoms with van der Waals surface area (Å²) < 4.78 is 2.97. The molecule has 2 aromatic rings. The lowest BCUT2D eigenvalue weighted by Crippen LogP contribution is -2.19. The Morgan fingerprint density at radius 1 is 1.38 bits per heavy atom. The predicted octanol–water partition coefficient (Wildman–Crippen LogP) is 4.97. The first kappa shape index (κ1) is 16.5. The summed E-state index contributed by atoms with van der Waals surface area (Å²) in [5.74, 6) is 0. The number of nitrogens with zero attached hydrogens (tertiary/aromatic N) is 2. The van der Waals surface area contributed by atoms with E-state index in [1.54, 1.807) is 0 Å². The van der Waals surface area contributed by atoms with Crippen LogP contribution >= 0.6 is 27.5 Å². The maximum absolute atomic E-state index is 6.22. The molecule has 0 radical (unpaired) electrons. The third kappa shape index (κ3) is 3.50. The third-order valence-corrected chi connectivity index (χ3v) is 4.83. The average molecular weight is 371 g/mol. The van der Waals surface area contributed by atoms with Crippen molar-refractivity contribution in [2.45, 2.75) is 40.2 Å². The fourth-order valence-electron chi connectivity index (χ4n) is 2.34. The van der Waals surface area contributed by atoms with Gasteiger partial charge in [0.25, 0.3) is 0 Å². The van der Waals surface area contributed by atoms with Gasteiger partial charge in [-0.25, -0.2) is 4.68 Å². The Kier molecular flexibility index (Phi) is 5.47. The van der Waals surface area contributed by atoms with Gasteiger partial charge >= 0.3 is 0 Å². The largest absolute Gasteiger partial charge is 0.310 e. The van der Waals surface area contributed by atoms with Gasteiger partial charge < -0.3 is 5.32 Å². The predicted molar refractivity (Wildman–Crippen MR) is 92.5 cm³/mol. The molecule has 0 bridgehead atoms. The molecule has 1 aromatic heterocycles. The molecule has 114 valence electrons. The van der Waals surface area contributed by atoms with Gasteiger partial charge in [0, 0.05) is 10.5 Å². The molecule has 0 saturated carbocycles. The van der Waals surface area contributed by atoms with Crippen LogP contribution in [0.1, 0.15) is 43.3 Å². The van der Waals surface area contributed by atoms with Gasteiger partial charge in [-0.1, -0.05) is 40.5 Å². The van der Waals surface area contributed by atoms with E-state index in [4.69, 9.17) is 11.6 Å². The minimum absolute atomic E-state index is 0.317. The monoisotopic (exact) mass is 369 g/mol. The number of aryl methyl sites for hydroxylation is 1. The molecule has 1 atom stereocenters. The van der Waals surface area contributed by atoms with E-state index in [-0.39, 0.29) is 0 Å². The molecule has 0 aliphatic rings. The molecule has 5 heteroatoms. The Hall–Kier alpha value is -0.840. The number of rotatable bonds is 5. The molecule has 0 fully saturated rings. The highest BCUT2D eigenvalue weighted by atomic mass is 79.9. The van der Waals surface area contributed by atoms with Crippen LogP contribution in [-0.4, -0.2) is 16.3 Å². The lowest BCUT2D eigenvalue weighted by molar-refractivity contribution is 0.569. The van der Waals surface area contributed by atoms with E-state index in [0.29, 0.717) is 6.04 Å². The summed E-state index contributed by atoms with van der Waals surface area (Å²) in [5, 5.41) is 8.72. The molecule has 1 heterocycles. The van der Waals surface area contributed by atoms with Crippen LogP contribution < -0.4 is 5.32 Å². The molecular formula is C16H21BrClN3. The maximum Gasteiger partial charge on any atom is 0.0848 e. The molecule has 21 heavy (non-hydrogen) atoms. The molecule has 0 aliphatic carbocycles. The van der Waals surface area contributed by atoms with Crippen LogP contribution in [0.15, 0.2) is 22.7 Å². The fourth-order valence-corrected chi connectivity index (χ4v) is 3.17. The second kappa shape index (κ2) is 6.95. The quantitative estimate of drug-likeness (QED) is 0.805. The topological polar surface area (TPSA) is 29.9 Å². The van der Waals surface area contributed by atoms with Gasteiger partial charge in [0.15, 0.2) is 0 Å². The van der Waals surface area contributed by atoms with Crippen molar-refractivity contribution in [2.75, 3.05) is 6.54 Å². The first-order chi connectivity index (χ1) is 9.95. The van der Waals surface area contributed by atoms with E-state index < -0.39 is 0 Å². The van der Waals surface area contributed by atoms with E-state index >= 15 is 0 Å². The zero-order valence-electron chi connectivity index (χ0n) is 12.9. The van der Waals surface area contributed by atoms with E-state index in [9.17, 15) is 0 Å². The molecule has 1 N–H and O–H groups in total. The summed E-state index contributed by atoms with van der Waals surface area (Å²) in [4.78, 5) is 0. The molecule has 0 spiro atoms. The van der Waals surface area contributed by atoms with Gasteiger partial charge in [-0.15, -0.1) is 0 Å². The second-order valence-corrected chi connectivity index (χ2v) is 6.51. The fraction of sp³-hybridized carbons (Fsp3) is 0.438. The van der Waals surface area contributed by atoms with Crippen LogP contribution in [0.2, 0.25) is 5.02 Å². The van der Waals surface area contributed by atoms with Crippen molar-refractivity contribution in [1.82, 2.24) is 15.1 Å². The highest BCUT2D eigenvalue weighted by Gasteiger charge is 2.13. The number of aromatic nitrogens is 2. The van der Waals surface area contributed by atoms with Crippen LogP contribution in [-0.2, 0) is 0 Å². The number of hydrogen-bond acceptors (Lipinski definition) is 2. The SMILES string of the molecule is CCCNC(C)c1ccc(-n2nc(C)c(Cl)c2C)cc1Br. The summed E-state index contributed by atoms with van der Waals surface area (Å²) in [5.41, 5.74) is 4.08. The summed E-state index contributed by atoms with van der Waals surface area (Å²) in [6.07, 6.45) is 1.13. The van der Waals surface area contributed by atoms with Crippen molar-refractivity contribution in [2.24, 2.45) is 0 Å². The Balaban J connectivity index is 2.32. The van der Waals surface area contributed by atoms with Gasteiger partial charge in [-0.2, -0.15) is 5.10 Å². The zero-order valence-corrected chi connectivity index (χ0v) is 15.2. The van der Waals surface area contributed by atoms with Crippen molar-refractivity contribution >= 4 is 27.5 Å². The lowest BCUT2D eigenvalue weighted by Gasteiger charge is -2.16. The smallest absolute Gasteiger partial charge is 0.0848 e. The number of benzene rings is 1. The van der Waals surface area contributed by atoms with Crippen molar-refractivity contribution in [3.05, 3.63) is 44.6 Å². The summed E-state index contributed by atoms with van der Waals surface area (Å²) in [6.45, 7) is 9.27. The summed E-state index contributed by atoms with van der Waals surface area (Å²) in [6, 6.07) is 6.63. The molecule has 0 saturated heterocycles. The molecule has 2 rings (SSSR count). The Bertz CT molecular complexity index is 637. The van der Waals surface area contributed by atoms with E-state index in [2.05, 4.69) is 58.4 Å². The molecule has 0 aliphatic heterocycles. The highest BCUT2D eigenvalue weighted by Crippen LogP contribution is 2.28. The van der Waals surface area contributed by atoms with Crippen LogP contribution in [0.3, 0.4) is 0 Å². The third-order valence-electron chi connectivity index (χ3n) is 3.60. The van der Waals surface area contributed by atoms with Crippen molar-refractivity contribution in [3.63, 3.8) is 0 Å². The number of halogens is 2. The average Bonchev–Trinajstić information content (AvgIpc) is 2.72. The van der Waals surface area contributed by atoms with Crippen LogP contribution in [0, 0.1) is 13.8 Å². The van der Waals surface area contributed by atoms with Gasteiger partial charge in [0.2, 0.25) is 0 Å². The minimum atomic E-state index is 0.317. The maximum atomic E-state index is 6.22. The van der Waals surface area contributed by atoms with Gasteiger partial charge in [0.05, 0.1) is 22.1 Å². The zero-order chi connectivity index (χ0) is 15.6. The normalized spacial score (nSPS) is 12.7. The van der Waals surface area contributed by atoms with Crippen LogP contribution in [0.25, 0.3) is 5.69 Å². The second-order valence-electron chi connectivity index (χ2n) is 5.28. The lowest BCUT2D eigenvalue weighted by atomic mass is 10.1. The van der Waals surface area contributed by atoms with Crippen molar-refractivity contribution in [1.29, 1.82) is 0 Å². The van der Waals surface area contributed by atoms with E-state index in [1.807, 2.05) is 18.5 Å². The van der Waals surface area contributed by atoms with Gasteiger partial charge in [-0.3, -0.25) is 0 Å². The Labute approximate surface area is 139 Å². The van der Waals surface area contributed by atoms with Crippen LogP contribution in [0.4, 0.5) is 0 Å². The standard InChI is InChI=1S/C16H21BrClN3/c1-5-8-19-10(2)14-7-6-13(9-15(14)17)21-12(4)16(18)11(3)20-21/h6-7,9-10,19H,5,8H2,1-4H3. The molecular weight excluding hydrogens is 350 g/mol. The van der Waals surface area contributed by atoms with Crippen molar-refractivity contribution in [3.8, 4) is 5.69 Å². The number of nitrogens with one attached hydrogen (secondary N) is 1. The number of hydrogen-bond donors (Lipinski definition) is 1. The first-order valence-electron chi connectivity index (χ1n) is 7.20. The van der Waals surface area contributed by atoms with Gasteiger partial charge in [0.1, 0.15) is 0 Å². The first-order valence-corrected chi connectivity index (χ1v) is 8.37. The van der Waals surface area contributed by atoms with Gasteiger partial charge in [-0.05, 0) is 51.4 Å². The van der Waals surface area contributed by atoms with Crippen molar-refractivity contribution < 1.29 is 0 Å². The highest BCUT2D eigenvalue weighted by molar-refractivity contribution is 9.10. The molecule has 0 amide bonds. The Morgan fingerprint density at radius 3 is 2.62 bits per heavy atom. The van der Waals surface area contributed by atoms with Crippen LogP contribution in [0.5, 0.6) is 0 Å². The van der Waals surface area contributed by atoms with E-state index in [1.165, 1.54) is 5.56 Å². The summed E-state index contributed by atoms with van der Waals surface area (Å²) >= 11 is 9.89. The summed E-state index contributed by atoms with van der Waals surface area (Å²) in [7, 11) is 0. The molecule has 1 unspecified atom stereocenters. The molecule has 1 aromatic carbocycles. The molecule has 3 nitrogen and oxygen atoms in total. The van der Waals surface area contributed by atoms with E-state index in [0.717, 1.165) is 39.5 Å². The minimum Gasteiger partial charge on any atom is -0.310 e. The Morgan fingerprint density at radius 2 is 2.10 bits per heavy atom.